The molecule has 0 spiro atoms. The summed E-state index contributed by atoms with van der Waals surface area (Å²) in [6.45, 7) is 0. The standard InChI is InChI=1S/C14H10N2O/c17-14-6-5-12(9-16-14)13-7-10-3-1-2-4-11(10)8-15-13/h1-9H,(H,16,17). The lowest BCUT2D eigenvalue weighted by Gasteiger charge is -2.02. The molecule has 0 aliphatic heterocycles. The van der Waals surface area contributed by atoms with Gasteiger partial charge in [0.1, 0.15) is 0 Å². The number of hydrogen-bond donors (Lipinski definition) is 1. The highest BCUT2D eigenvalue weighted by Crippen LogP contribution is 2.20. The molecule has 3 nitrogen and oxygen atoms in total. The maximum Gasteiger partial charge on any atom is 0.247 e. The Hall–Kier alpha value is -2.42. The van der Waals surface area contributed by atoms with E-state index in [1.807, 2.05) is 36.5 Å². The van der Waals surface area contributed by atoms with Crippen LogP contribution in [0.25, 0.3) is 22.0 Å². The molecule has 3 rings (SSSR count). The van der Waals surface area contributed by atoms with Crippen LogP contribution in [0.4, 0.5) is 0 Å². The highest BCUT2D eigenvalue weighted by molar-refractivity contribution is 5.84. The van der Waals surface area contributed by atoms with Crippen LogP contribution in [-0.2, 0) is 0 Å². The first-order chi connectivity index (χ1) is 8.33. The first-order valence-electron chi connectivity index (χ1n) is 5.37. The minimum atomic E-state index is -0.102. The molecule has 2 heterocycles. The van der Waals surface area contributed by atoms with Crippen molar-refractivity contribution in [2.24, 2.45) is 0 Å². The summed E-state index contributed by atoms with van der Waals surface area (Å²) < 4.78 is 0. The van der Waals surface area contributed by atoms with Gasteiger partial charge in [0.2, 0.25) is 5.56 Å². The van der Waals surface area contributed by atoms with Gasteiger partial charge in [0.05, 0.1) is 5.69 Å². The van der Waals surface area contributed by atoms with Crippen LogP contribution in [0.1, 0.15) is 0 Å². The number of fused-ring (bicyclic) bond motifs is 1. The third-order valence-corrected chi connectivity index (χ3v) is 2.71. The quantitative estimate of drug-likeness (QED) is 0.687. The molecule has 0 unspecified atom stereocenters. The second-order valence-electron chi connectivity index (χ2n) is 3.86. The number of aromatic amines is 1. The molecule has 82 valence electrons. The van der Waals surface area contributed by atoms with Crippen molar-refractivity contribution in [3.63, 3.8) is 0 Å². The van der Waals surface area contributed by atoms with Gasteiger partial charge in [0.25, 0.3) is 0 Å². The zero-order valence-electron chi connectivity index (χ0n) is 9.05. The number of benzene rings is 1. The number of H-pyrrole nitrogens is 1. The van der Waals surface area contributed by atoms with E-state index in [-0.39, 0.29) is 5.56 Å². The van der Waals surface area contributed by atoms with Gasteiger partial charge in [-0.15, -0.1) is 0 Å². The Labute approximate surface area is 97.8 Å². The third-order valence-electron chi connectivity index (χ3n) is 2.71. The fourth-order valence-electron chi connectivity index (χ4n) is 1.81. The van der Waals surface area contributed by atoms with E-state index < -0.39 is 0 Å². The van der Waals surface area contributed by atoms with Gasteiger partial charge in [-0.1, -0.05) is 24.3 Å². The second kappa shape index (κ2) is 3.87. The van der Waals surface area contributed by atoms with E-state index in [1.165, 1.54) is 6.07 Å². The second-order valence-corrected chi connectivity index (χ2v) is 3.86. The average Bonchev–Trinajstić information content (AvgIpc) is 2.39. The molecule has 0 atom stereocenters. The summed E-state index contributed by atoms with van der Waals surface area (Å²) in [5.41, 5.74) is 1.67. The Kier molecular flexibility index (Phi) is 2.22. The minimum absolute atomic E-state index is 0.102. The molecule has 1 N–H and O–H groups in total. The van der Waals surface area contributed by atoms with Crippen LogP contribution in [0.5, 0.6) is 0 Å². The van der Waals surface area contributed by atoms with Crippen LogP contribution in [0.2, 0.25) is 0 Å². The Bertz CT molecular complexity index is 711. The first-order valence-corrected chi connectivity index (χ1v) is 5.37. The minimum Gasteiger partial charge on any atom is -0.328 e. The van der Waals surface area contributed by atoms with Crippen LogP contribution in [0.15, 0.2) is 59.7 Å². The molecule has 0 aliphatic carbocycles. The van der Waals surface area contributed by atoms with Crippen molar-refractivity contribution < 1.29 is 0 Å². The summed E-state index contributed by atoms with van der Waals surface area (Å²) in [5.74, 6) is 0. The zero-order chi connectivity index (χ0) is 11.7. The third kappa shape index (κ3) is 1.83. The van der Waals surface area contributed by atoms with Crippen LogP contribution < -0.4 is 5.56 Å². The van der Waals surface area contributed by atoms with Crippen LogP contribution in [0, 0.1) is 0 Å². The van der Waals surface area contributed by atoms with E-state index in [1.54, 1.807) is 12.3 Å². The molecule has 0 bridgehead atoms. The molecule has 0 saturated heterocycles. The number of aromatic nitrogens is 2. The number of rotatable bonds is 1. The van der Waals surface area contributed by atoms with Crippen LogP contribution in [0.3, 0.4) is 0 Å². The van der Waals surface area contributed by atoms with Crippen molar-refractivity contribution in [1.82, 2.24) is 9.97 Å². The Morgan fingerprint density at radius 3 is 2.59 bits per heavy atom. The predicted molar refractivity (Wildman–Crippen MR) is 67.8 cm³/mol. The molecule has 2 aromatic heterocycles. The smallest absolute Gasteiger partial charge is 0.247 e. The Balaban J connectivity index is 2.17. The van der Waals surface area contributed by atoms with Gasteiger partial charge in [-0.25, -0.2) is 0 Å². The number of hydrogen-bond acceptors (Lipinski definition) is 2. The van der Waals surface area contributed by atoms with Crippen molar-refractivity contribution in [2.75, 3.05) is 0 Å². The predicted octanol–water partition coefficient (Wildman–Crippen LogP) is 2.59. The molecule has 0 fully saturated rings. The normalized spacial score (nSPS) is 10.6. The van der Waals surface area contributed by atoms with Gasteiger partial charge in [-0.05, 0) is 17.5 Å². The summed E-state index contributed by atoms with van der Waals surface area (Å²) in [7, 11) is 0. The Morgan fingerprint density at radius 1 is 1.00 bits per heavy atom. The van der Waals surface area contributed by atoms with E-state index in [0.717, 1.165) is 22.0 Å². The SMILES string of the molecule is O=c1ccc(-c2cc3ccccc3cn2)c[nH]1. The summed E-state index contributed by atoms with van der Waals surface area (Å²) in [6.07, 6.45) is 3.52. The number of nitrogens with zero attached hydrogens (tertiary/aromatic N) is 1. The lowest BCUT2D eigenvalue weighted by molar-refractivity contribution is 1.23. The van der Waals surface area contributed by atoms with Crippen LogP contribution in [-0.4, -0.2) is 9.97 Å². The lowest BCUT2D eigenvalue weighted by atomic mass is 10.1. The monoisotopic (exact) mass is 222 g/mol. The summed E-state index contributed by atoms with van der Waals surface area (Å²) in [4.78, 5) is 18.0. The molecule has 0 radical (unpaired) electrons. The highest BCUT2D eigenvalue weighted by Gasteiger charge is 2.00. The molecule has 0 aliphatic rings. The van der Waals surface area contributed by atoms with E-state index in [4.69, 9.17) is 0 Å². The highest BCUT2D eigenvalue weighted by atomic mass is 16.1. The van der Waals surface area contributed by atoms with Gasteiger partial charge in [0.15, 0.2) is 0 Å². The van der Waals surface area contributed by atoms with Gasteiger partial charge >= 0.3 is 0 Å². The molecular formula is C14H10N2O. The van der Waals surface area contributed by atoms with E-state index in [0.29, 0.717) is 0 Å². The van der Waals surface area contributed by atoms with E-state index in [9.17, 15) is 4.79 Å². The summed E-state index contributed by atoms with van der Waals surface area (Å²) >= 11 is 0. The van der Waals surface area contributed by atoms with Crippen LogP contribution >= 0.6 is 0 Å². The Morgan fingerprint density at radius 2 is 1.82 bits per heavy atom. The molecule has 0 amide bonds. The largest absolute Gasteiger partial charge is 0.328 e. The molecule has 3 aromatic rings. The van der Waals surface area contributed by atoms with Crippen molar-refractivity contribution in [1.29, 1.82) is 0 Å². The van der Waals surface area contributed by atoms with Crippen molar-refractivity contribution in [3.8, 4) is 11.3 Å². The van der Waals surface area contributed by atoms with Crippen molar-refractivity contribution in [3.05, 3.63) is 65.2 Å². The van der Waals surface area contributed by atoms with Crippen molar-refractivity contribution >= 4 is 10.8 Å². The summed E-state index contributed by atoms with van der Waals surface area (Å²) in [6, 6.07) is 13.4. The number of pyridine rings is 2. The zero-order valence-corrected chi connectivity index (χ0v) is 9.05. The number of nitrogens with one attached hydrogen (secondary N) is 1. The molecule has 17 heavy (non-hydrogen) atoms. The van der Waals surface area contributed by atoms with Gasteiger partial charge in [-0.3, -0.25) is 9.78 Å². The van der Waals surface area contributed by atoms with Gasteiger partial charge in [0, 0.05) is 29.4 Å². The van der Waals surface area contributed by atoms with Crippen molar-refractivity contribution in [2.45, 2.75) is 0 Å². The molecule has 3 heteroatoms. The molecular weight excluding hydrogens is 212 g/mol. The van der Waals surface area contributed by atoms with Gasteiger partial charge < -0.3 is 4.98 Å². The molecule has 1 aromatic carbocycles. The topological polar surface area (TPSA) is 45.8 Å². The summed E-state index contributed by atoms with van der Waals surface area (Å²) in [5, 5.41) is 2.25. The fourth-order valence-corrected chi connectivity index (χ4v) is 1.81. The fraction of sp³-hybridized carbons (Fsp3) is 0. The van der Waals surface area contributed by atoms with Gasteiger partial charge in [-0.2, -0.15) is 0 Å². The van der Waals surface area contributed by atoms with E-state index in [2.05, 4.69) is 9.97 Å². The maximum atomic E-state index is 11.0. The molecule has 0 saturated carbocycles. The first kappa shape index (κ1) is 9.78. The van der Waals surface area contributed by atoms with E-state index >= 15 is 0 Å². The lowest BCUT2D eigenvalue weighted by Crippen LogP contribution is -2.01. The maximum absolute atomic E-state index is 11.0. The average molecular weight is 222 g/mol.